The number of alkyl halides is 3. The largest absolute Gasteiger partial charge is 0.481 e. The lowest BCUT2D eigenvalue weighted by molar-refractivity contribution is -0.138. The Morgan fingerprint density at radius 2 is 1.66 bits per heavy atom. The summed E-state index contributed by atoms with van der Waals surface area (Å²) in [4.78, 5) is 23.3. The first-order valence-electron chi connectivity index (χ1n) is 13.0. The number of carbonyl (C=O) groups excluding carboxylic acids is 1. The molecular weight excluding hydrogens is 578 g/mol. The van der Waals surface area contributed by atoms with Gasteiger partial charge < -0.3 is 10.4 Å². The van der Waals surface area contributed by atoms with E-state index in [9.17, 15) is 22.8 Å². The van der Waals surface area contributed by atoms with Gasteiger partial charge in [-0.25, -0.2) is 0 Å². The van der Waals surface area contributed by atoms with Crippen LogP contribution in [-0.2, 0) is 18.0 Å². The van der Waals surface area contributed by atoms with Crippen LogP contribution < -0.4 is 5.32 Å². The molecule has 1 amide bonds. The fraction of sp³-hybridized carbons (Fsp3) is 0.300. The van der Waals surface area contributed by atoms with Crippen molar-refractivity contribution in [1.29, 1.82) is 0 Å². The number of aliphatic carboxylic acids is 1. The molecule has 0 aliphatic rings. The van der Waals surface area contributed by atoms with Crippen molar-refractivity contribution in [2.24, 2.45) is 7.05 Å². The van der Waals surface area contributed by atoms with E-state index in [1.165, 1.54) is 4.68 Å². The van der Waals surface area contributed by atoms with E-state index in [0.29, 0.717) is 33.6 Å². The number of fused-ring (bicyclic) bond motifs is 1. The van der Waals surface area contributed by atoms with Gasteiger partial charge in [-0.3, -0.25) is 14.3 Å². The minimum Gasteiger partial charge on any atom is -0.481 e. The van der Waals surface area contributed by atoms with Crippen molar-refractivity contribution in [3.8, 4) is 0 Å². The number of nitrogens with one attached hydrogen (secondary N) is 1. The maximum absolute atomic E-state index is 13.8. The molecule has 0 aliphatic carbocycles. The topological polar surface area (TPSA) is 84.2 Å². The van der Waals surface area contributed by atoms with Crippen LogP contribution in [0.15, 0.2) is 60.7 Å². The molecule has 4 aromatic rings. The second kappa shape index (κ2) is 12.5. The Bertz CT molecular complexity index is 1550. The zero-order valence-corrected chi connectivity index (χ0v) is 23.8. The zero-order chi connectivity index (χ0) is 29.9. The van der Waals surface area contributed by atoms with Gasteiger partial charge in [-0.15, -0.1) is 0 Å². The third kappa shape index (κ3) is 6.85. The number of hydrogen-bond acceptors (Lipinski definition) is 3. The Labute approximate surface area is 245 Å². The molecule has 2 N–H and O–H groups in total. The van der Waals surface area contributed by atoms with Crippen molar-refractivity contribution >= 4 is 46.0 Å². The summed E-state index contributed by atoms with van der Waals surface area (Å²) in [6.45, 7) is 2.02. The van der Waals surface area contributed by atoms with Crippen LogP contribution in [0.2, 0.25) is 10.0 Å². The molecule has 41 heavy (non-hydrogen) atoms. The fourth-order valence-electron chi connectivity index (χ4n) is 5.14. The summed E-state index contributed by atoms with van der Waals surface area (Å²) in [6, 6.07) is 16.1. The molecule has 0 saturated heterocycles. The maximum Gasteiger partial charge on any atom is 0.416 e. The Hall–Kier alpha value is -3.56. The molecule has 0 radical (unpaired) electrons. The summed E-state index contributed by atoms with van der Waals surface area (Å²) in [5, 5.41) is 16.9. The van der Waals surface area contributed by atoms with Crippen molar-refractivity contribution in [2.75, 3.05) is 6.54 Å². The van der Waals surface area contributed by atoms with Crippen LogP contribution in [-0.4, -0.2) is 33.3 Å². The number of aryl methyl sites for hydroxylation is 1. The number of halogens is 5. The van der Waals surface area contributed by atoms with Crippen LogP contribution in [0.1, 0.15) is 70.8 Å². The number of benzene rings is 3. The molecule has 216 valence electrons. The highest BCUT2D eigenvalue weighted by molar-refractivity contribution is 6.35. The summed E-state index contributed by atoms with van der Waals surface area (Å²) < 4.78 is 42.9. The van der Waals surface area contributed by atoms with Gasteiger partial charge in [0.15, 0.2) is 0 Å². The smallest absolute Gasteiger partial charge is 0.416 e. The summed E-state index contributed by atoms with van der Waals surface area (Å²) in [6.07, 6.45) is -3.35. The van der Waals surface area contributed by atoms with Crippen molar-refractivity contribution in [1.82, 2.24) is 15.1 Å². The second-order valence-electron chi connectivity index (χ2n) is 9.81. The van der Waals surface area contributed by atoms with Gasteiger partial charge in [0, 0.05) is 35.5 Å². The average molecular weight is 606 g/mol. The minimum atomic E-state index is -4.59. The summed E-state index contributed by atoms with van der Waals surface area (Å²) >= 11 is 12.5. The Kier molecular flexibility index (Phi) is 9.29. The molecule has 2 unspecified atom stereocenters. The van der Waals surface area contributed by atoms with E-state index in [0.717, 1.165) is 29.7 Å². The number of carboxylic acids is 1. The van der Waals surface area contributed by atoms with Crippen molar-refractivity contribution in [2.45, 2.75) is 44.2 Å². The Balaban J connectivity index is 1.84. The standard InChI is InChI=1S/C30H28Cl2F3N3O3/c1-3-4-22(17-5-7-19(8-6-17)29(41)36-14-13-25(39)40)26(18-9-11-21(31)12-10-18)27-23-15-20(30(33,34)35)16-24(32)28(23)38(2)37-27/h5-12,15-16,22,26H,3-4,13-14H2,1-2H3,(H,36,41)(H,39,40). The van der Waals surface area contributed by atoms with Crippen molar-refractivity contribution in [3.05, 3.63) is 98.7 Å². The van der Waals surface area contributed by atoms with E-state index < -0.39 is 29.5 Å². The van der Waals surface area contributed by atoms with Crippen LogP contribution in [0, 0.1) is 0 Å². The molecule has 2 atom stereocenters. The first-order valence-corrected chi connectivity index (χ1v) is 13.7. The predicted molar refractivity (Wildman–Crippen MR) is 153 cm³/mol. The summed E-state index contributed by atoms with van der Waals surface area (Å²) in [5.74, 6) is -2.10. The van der Waals surface area contributed by atoms with Gasteiger partial charge in [0.1, 0.15) is 0 Å². The molecule has 0 aliphatic heterocycles. The molecular formula is C30H28Cl2F3N3O3. The predicted octanol–water partition coefficient (Wildman–Crippen LogP) is 7.82. The lowest BCUT2D eigenvalue weighted by Crippen LogP contribution is -2.26. The van der Waals surface area contributed by atoms with E-state index in [-0.39, 0.29) is 23.9 Å². The van der Waals surface area contributed by atoms with E-state index in [2.05, 4.69) is 5.32 Å². The van der Waals surface area contributed by atoms with Gasteiger partial charge in [-0.2, -0.15) is 18.3 Å². The number of amides is 1. The number of nitrogens with zero attached hydrogens (tertiary/aromatic N) is 2. The van der Waals surface area contributed by atoms with Crippen LogP contribution >= 0.6 is 23.2 Å². The monoisotopic (exact) mass is 605 g/mol. The molecule has 6 nitrogen and oxygen atoms in total. The molecule has 11 heteroatoms. The molecule has 0 saturated carbocycles. The number of rotatable bonds is 10. The summed E-state index contributed by atoms with van der Waals surface area (Å²) in [7, 11) is 1.65. The summed E-state index contributed by atoms with van der Waals surface area (Å²) in [5.41, 5.74) is 2.04. The highest BCUT2D eigenvalue weighted by Crippen LogP contribution is 2.45. The van der Waals surface area contributed by atoms with Crippen LogP contribution in [0.5, 0.6) is 0 Å². The van der Waals surface area contributed by atoms with E-state index in [4.69, 9.17) is 33.4 Å². The van der Waals surface area contributed by atoms with Gasteiger partial charge >= 0.3 is 12.1 Å². The second-order valence-corrected chi connectivity index (χ2v) is 10.7. The third-order valence-electron chi connectivity index (χ3n) is 7.00. The molecule has 0 spiro atoms. The molecule has 0 bridgehead atoms. The van der Waals surface area contributed by atoms with E-state index >= 15 is 0 Å². The number of carbonyl (C=O) groups is 2. The molecule has 1 aromatic heterocycles. The molecule has 4 rings (SSSR count). The minimum absolute atomic E-state index is 0.00223. The SMILES string of the molecule is CCCC(c1ccc(C(=O)NCCC(=O)O)cc1)C(c1ccc(Cl)cc1)c1nn(C)c2c(Cl)cc(C(F)(F)F)cc12. The van der Waals surface area contributed by atoms with Gasteiger partial charge in [0.05, 0.1) is 28.2 Å². The molecule has 3 aromatic carbocycles. The van der Waals surface area contributed by atoms with Crippen LogP contribution in [0.4, 0.5) is 13.2 Å². The van der Waals surface area contributed by atoms with Crippen molar-refractivity contribution < 1.29 is 27.9 Å². The number of carboxylic acid groups (broad SMARTS) is 1. The Morgan fingerprint density at radius 1 is 1.02 bits per heavy atom. The number of hydrogen-bond donors (Lipinski definition) is 2. The normalized spacial score (nSPS) is 13.2. The number of aromatic nitrogens is 2. The lowest BCUT2D eigenvalue weighted by Gasteiger charge is -2.27. The van der Waals surface area contributed by atoms with Crippen molar-refractivity contribution in [3.63, 3.8) is 0 Å². The average Bonchev–Trinajstić information content (AvgIpc) is 3.25. The molecule has 0 fully saturated rings. The van der Waals surface area contributed by atoms with E-state index in [1.54, 1.807) is 31.3 Å². The van der Waals surface area contributed by atoms with E-state index in [1.807, 2.05) is 31.2 Å². The highest BCUT2D eigenvalue weighted by Gasteiger charge is 2.35. The molecule has 1 heterocycles. The maximum atomic E-state index is 13.8. The zero-order valence-electron chi connectivity index (χ0n) is 22.3. The fourth-order valence-corrected chi connectivity index (χ4v) is 5.60. The first kappa shape index (κ1) is 30.4. The van der Waals surface area contributed by atoms with Crippen LogP contribution in [0.25, 0.3) is 10.9 Å². The van der Waals surface area contributed by atoms with Gasteiger partial charge in [0.25, 0.3) is 5.91 Å². The van der Waals surface area contributed by atoms with Gasteiger partial charge in [-0.05, 0) is 59.9 Å². The van der Waals surface area contributed by atoms with Gasteiger partial charge in [-0.1, -0.05) is 60.8 Å². The van der Waals surface area contributed by atoms with Gasteiger partial charge in [0.2, 0.25) is 0 Å². The third-order valence-corrected chi connectivity index (χ3v) is 7.54. The Morgan fingerprint density at radius 3 is 2.24 bits per heavy atom. The quantitative estimate of drug-likeness (QED) is 0.193. The lowest BCUT2D eigenvalue weighted by atomic mass is 9.76. The highest BCUT2D eigenvalue weighted by atomic mass is 35.5. The van der Waals surface area contributed by atoms with Crippen LogP contribution in [0.3, 0.4) is 0 Å². The first-order chi connectivity index (χ1) is 19.4.